The maximum atomic E-state index is 12.8. The Bertz CT molecular complexity index is 1110. The average molecular weight is 420 g/mol. The first-order chi connectivity index (χ1) is 14.2. The van der Waals surface area contributed by atoms with Crippen molar-refractivity contribution < 1.29 is 4.79 Å². The molecular weight excluding hydrogens is 402 g/mol. The molecule has 0 bridgehead atoms. The van der Waals surface area contributed by atoms with Crippen molar-refractivity contribution in [3.63, 3.8) is 0 Å². The Labute approximate surface area is 178 Å². The van der Waals surface area contributed by atoms with Crippen molar-refractivity contribution in [2.75, 3.05) is 5.75 Å². The van der Waals surface area contributed by atoms with Crippen LogP contribution in [0.2, 0.25) is 5.02 Å². The van der Waals surface area contributed by atoms with E-state index in [2.05, 4.69) is 15.3 Å². The molecule has 29 heavy (non-hydrogen) atoms. The monoisotopic (exact) mass is 419 g/mol. The van der Waals surface area contributed by atoms with Gasteiger partial charge in [-0.1, -0.05) is 84.0 Å². The molecular formula is C23H18ClN3OS. The van der Waals surface area contributed by atoms with Crippen LogP contribution in [0.15, 0.2) is 90.2 Å². The number of para-hydroxylation sites is 1. The van der Waals surface area contributed by atoms with Gasteiger partial charge in [0.05, 0.1) is 17.3 Å². The number of fused-ring (bicyclic) bond motifs is 1. The van der Waals surface area contributed by atoms with Crippen molar-refractivity contribution in [3.8, 4) is 0 Å². The van der Waals surface area contributed by atoms with Crippen LogP contribution in [-0.4, -0.2) is 21.6 Å². The summed E-state index contributed by atoms with van der Waals surface area (Å²) < 4.78 is 0. The molecule has 1 atom stereocenters. The predicted molar refractivity (Wildman–Crippen MR) is 118 cm³/mol. The molecule has 4 nitrogen and oxygen atoms in total. The molecule has 0 aliphatic rings. The van der Waals surface area contributed by atoms with E-state index in [1.54, 1.807) is 0 Å². The van der Waals surface area contributed by atoms with Gasteiger partial charge in [0.2, 0.25) is 5.91 Å². The number of halogens is 1. The van der Waals surface area contributed by atoms with Gasteiger partial charge in [-0.3, -0.25) is 4.79 Å². The average Bonchev–Trinajstić information content (AvgIpc) is 2.77. The minimum Gasteiger partial charge on any atom is -0.344 e. The summed E-state index contributed by atoms with van der Waals surface area (Å²) in [5.41, 5.74) is 2.86. The number of aromatic nitrogens is 2. The first-order valence-corrected chi connectivity index (χ1v) is 10.5. The van der Waals surface area contributed by atoms with Crippen LogP contribution in [0.5, 0.6) is 0 Å². The zero-order chi connectivity index (χ0) is 20.1. The highest BCUT2D eigenvalue weighted by atomic mass is 35.5. The van der Waals surface area contributed by atoms with Gasteiger partial charge in [0.15, 0.2) is 0 Å². The number of nitrogens with one attached hydrogen (secondary N) is 1. The highest BCUT2D eigenvalue weighted by Crippen LogP contribution is 2.26. The van der Waals surface area contributed by atoms with Gasteiger partial charge in [-0.05, 0) is 29.3 Å². The molecule has 3 aromatic carbocycles. The zero-order valence-corrected chi connectivity index (χ0v) is 17.0. The summed E-state index contributed by atoms with van der Waals surface area (Å²) in [4.78, 5) is 21.4. The first-order valence-electron chi connectivity index (χ1n) is 9.13. The third-order valence-corrected chi connectivity index (χ3v) is 5.75. The van der Waals surface area contributed by atoms with Crippen LogP contribution in [0.4, 0.5) is 0 Å². The summed E-state index contributed by atoms with van der Waals surface area (Å²) in [5, 5.41) is 5.55. The molecule has 1 aromatic heterocycles. The molecule has 0 unspecified atom stereocenters. The smallest absolute Gasteiger partial charge is 0.231 e. The molecule has 0 aliphatic heterocycles. The van der Waals surface area contributed by atoms with E-state index in [0.717, 1.165) is 27.1 Å². The van der Waals surface area contributed by atoms with Crippen LogP contribution in [0.3, 0.4) is 0 Å². The number of nitrogens with zero attached hydrogens (tertiary/aromatic N) is 2. The fraction of sp³-hybridized carbons (Fsp3) is 0.0870. The SMILES string of the molecule is O=C(CSc1ncnc2ccccc12)N[C@@H](c1ccccc1)c1ccc(Cl)cc1. The van der Waals surface area contributed by atoms with E-state index in [1.165, 1.54) is 18.1 Å². The lowest BCUT2D eigenvalue weighted by atomic mass is 9.99. The van der Waals surface area contributed by atoms with Gasteiger partial charge in [0, 0.05) is 10.4 Å². The van der Waals surface area contributed by atoms with E-state index in [-0.39, 0.29) is 17.7 Å². The lowest BCUT2D eigenvalue weighted by Gasteiger charge is -2.20. The van der Waals surface area contributed by atoms with Crippen molar-refractivity contribution in [1.82, 2.24) is 15.3 Å². The lowest BCUT2D eigenvalue weighted by molar-refractivity contribution is -0.119. The highest BCUT2D eigenvalue weighted by molar-refractivity contribution is 8.00. The number of amides is 1. The fourth-order valence-corrected chi connectivity index (χ4v) is 4.02. The second kappa shape index (κ2) is 9.07. The molecule has 0 saturated heterocycles. The Morgan fingerprint density at radius 2 is 1.59 bits per heavy atom. The largest absolute Gasteiger partial charge is 0.344 e. The Hall–Kier alpha value is -2.89. The Morgan fingerprint density at radius 3 is 2.38 bits per heavy atom. The summed E-state index contributed by atoms with van der Waals surface area (Å²) in [6.45, 7) is 0. The second-order valence-corrected chi connectivity index (χ2v) is 7.85. The summed E-state index contributed by atoms with van der Waals surface area (Å²) in [6.07, 6.45) is 1.53. The minimum absolute atomic E-state index is 0.0681. The lowest BCUT2D eigenvalue weighted by Crippen LogP contribution is -2.30. The van der Waals surface area contributed by atoms with E-state index >= 15 is 0 Å². The number of benzene rings is 3. The van der Waals surface area contributed by atoms with Crippen molar-refractivity contribution >= 4 is 40.2 Å². The van der Waals surface area contributed by atoms with Gasteiger partial charge < -0.3 is 5.32 Å². The quantitative estimate of drug-likeness (QED) is 0.341. The van der Waals surface area contributed by atoms with Gasteiger partial charge in [0.25, 0.3) is 0 Å². The van der Waals surface area contributed by atoms with Crippen LogP contribution in [0.25, 0.3) is 10.9 Å². The molecule has 4 rings (SSSR count). The van der Waals surface area contributed by atoms with Crippen molar-refractivity contribution in [3.05, 3.63) is 101 Å². The number of hydrogen-bond donors (Lipinski definition) is 1. The molecule has 0 aliphatic carbocycles. The Balaban J connectivity index is 1.51. The summed E-state index contributed by atoms with van der Waals surface area (Å²) in [5.74, 6) is 0.194. The first kappa shape index (κ1) is 19.4. The number of rotatable bonds is 6. The zero-order valence-electron chi connectivity index (χ0n) is 15.5. The summed E-state index contributed by atoms with van der Waals surface area (Å²) >= 11 is 7.44. The van der Waals surface area contributed by atoms with E-state index < -0.39 is 0 Å². The molecule has 144 valence electrons. The van der Waals surface area contributed by atoms with Gasteiger partial charge in [-0.2, -0.15) is 0 Å². The van der Waals surface area contributed by atoms with Crippen LogP contribution < -0.4 is 5.32 Å². The van der Waals surface area contributed by atoms with Gasteiger partial charge >= 0.3 is 0 Å². The fourth-order valence-electron chi connectivity index (χ4n) is 3.09. The Kier molecular flexibility index (Phi) is 6.08. The third kappa shape index (κ3) is 4.75. The molecule has 1 amide bonds. The van der Waals surface area contributed by atoms with E-state index in [1.807, 2.05) is 78.9 Å². The molecule has 0 saturated carbocycles. The van der Waals surface area contributed by atoms with Crippen LogP contribution in [0, 0.1) is 0 Å². The van der Waals surface area contributed by atoms with Crippen molar-refractivity contribution in [2.45, 2.75) is 11.1 Å². The summed E-state index contributed by atoms with van der Waals surface area (Å²) in [7, 11) is 0. The number of carbonyl (C=O) groups excluding carboxylic acids is 1. The molecule has 0 fully saturated rings. The number of hydrogen-bond acceptors (Lipinski definition) is 4. The maximum Gasteiger partial charge on any atom is 0.231 e. The third-order valence-electron chi connectivity index (χ3n) is 4.49. The topological polar surface area (TPSA) is 54.9 Å². The number of carbonyl (C=O) groups is 1. The van der Waals surface area contributed by atoms with Gasteiger partial charge in [-0.15, -0.1) is 0 Å². The molecule has 0 spiro atoms. The Morgan fingerprint density at radius 1 is 0.897 bits per heavy atom. The molecule has 0 radical (unpaired) electrons. The minimum atomic E-state index is -0.247. The van der Waals surface area contributed by atoms with Crippen LogP contribution in [0.1, 0.15) is 17.2 Å². The summed E-state index contributed by atoms with van der Waals surface area (Å²) in [6, 6.07) is 25.0. The van der Waals surface area contributed by atoms with Crippen molar-refractivity contribution in [2.24, 2.45) is 0 Å². The van der Waals surface area contributed by atoms with E-state index in [4.69, 9.17) is 11.6 Å². The van der Waals surface area contributed by atoms with Crippen LogP contribution in [-0.2, 0) is 4.79 Å². The molecule has 6 heteroatoms. The predicted octanol–water partition coefficient (Wildman–Crippen LogP) is 5.28. The van der Waals surface area contributed by atoms with Crippen LogP contribution >= 0.6 is 23.4 Å². The second-order valence-electron chi connectivity index (χ2n) is 6.45. The van der Waals surface area contributed by atoms with E-state index in [9.17, 15) is 4.79 Å². The molecule has 1 N–H and O–H groups in total. The van der Waals surface area contributed by atoms with Gasteiger partial charge in [-0.25, -0.2) is 9.97 Å². The van der Waals surface area contributed by atoms with E-state index in [0.29, 0.717) is 5.02 Å². The molecule has 4 aromatic rings. The molecule has 1 heterocycles. The van der Waals surface area contributed by atoms with Crippen molar-refractivity contribution in [1.29, 1.82) is 0 Å². The van der Waals surface area contributed by atoms with Gasteiger partial charge in [0.1, 0.15) is 11.4 Å². The highest BCUT2D eigenvalue weighted by Gasteiger charge is 2.17. The standard InChI is InChI=1S/C23H18ClN3OS/c24-18-12-10-17(11-13-18)22(16-6-2-1-3-7-16)27-21(28)14-29-23-19-8-4-5-9-20(19)25-15-26-23/h1-13,15,22H,14H2,(H,27,28)/t22-/m0/s1. The number of thioether (sulfide) groups is 1. The maximum absolute atomic E-state index is 12.8. The normalized spacial score (nSPS) is 11.9.